The van der Waals surface area contributed by atoms with Crippen LogP contribution in [0, 0.1) is 11.8 Å². The van der Waals surface area contributed by atoms with Gasteiger partial charge in [-0.2, -0.15) is 0 Å². The van der Waals surface area contributed by atoms with Crippen molar-refractivity contribution >= 4 is 47.8 Å². The lowest BCUT2D eigenvalue weighted by molar-refractivity contribution is -0.137. The van der Waals surface area contributed by atoms with Gasteiger partial charge in [-0.15, -0.1) is 0 Å². The number of para-hydroxylation sites is 1. The van der Waals surface area contributed by atoms with E-state index in [1.807, 2.05) is 74.2 Å². The Morgan fingerprint density at radius 3 is 1.94 bits per heavy atom. The standard InChI is InChI=1S/C25H33NO6.C18H27NO4.C15H13N3O6.C4H10O/c1-18(2)13-14-26-25(28)16-31-21-8-6-5-7-20(21)22(32-17-27)11-9-19-10-12-23(29-3)24(15-19)30-4;1-5-14(18(20)19-9-7-6-8-10-19)13-11-15(21-2)17(23-4)16(12-13)22-3;16-10(19)6-24-9-3-1-2-7-12(9)15(23)18(14(7)22)8-4-5-11(20)17-13(8)21;1-4(2)3-5/h5-8,10,12,15,17-18,22H,9,11,13-14,16H2,1-4H3,(H,26,28);11-12,14H,5-10H2,1-4H3;1-3,8H,4-6H2,(H2,16,19)(H,17,20,21);4-5H,3H2,1-2H3. The molecule has 0 aromatic heterocycles. The zero-order valence-corrected chi connectivity index (χ0v) is 49.9. The van der Waals surface area contributed by atoms with Crippen molar-refractivity contribution in [3.05, 3.63) is 101 Å². The number of amides is 7. The number of primary amides is 1. The number of imide groups is 2. The minimum Gasteiger partial charge on any atom is -0.493 e. The molecular formula is C62H83N5O17. The van der Waals surface area contributed by atoms with E-state index >= 15 is 0 Å². The summed E-state index contributed by atoms with van der Waals surface area (Å²) in [4.78, 5) is 98.2. The van der Waals surface area contributed by atoms with E-state index in [4.69, 9.17) is 48.7 Å². The average molecular weight is 1170 g/mol. The third-order valence-electron chi connectivity index (χ3n) is 13.7. The monoisotopic (exact) mass is 1170 g/mol. The lowest BCUT2D eigenvalue weighted by Crippen LogP contribution is -2.54. The number of aryl methyl sites for hydroxylation is 1. The van der Waals surface area contributed by atoms with Crippen LogP contribution in [0.5, 0.6) is 40.2 Å². The van der Waals surface area contributed by atoms with Crippen molar-refractivity contribution < 1.29 is 81.4 Å². The second-order valence-electron chi connectivity index (χ2n) is 20.6. The Hall–Kier alpha value is -8.40. The lowest BCUT2D eigenvalue weighted by atomic mass is 9.93. The molecule has 5 N–H and O–H groups in total. The van der Waals surface area contributed by atoms with E-state index in [-0.39, 0.29) is 54.1 Å². The Balaban J connectivity index is 0.000000263. The highest BCUT2D eigenvalue weighted by atomic mass is 16.5. The van der Waals surface area contributed by atoms with E-state index in [0.29, 0.717) is 78.8 Å². The van der Waals surface area contributed by atoms with Crippen molar-refractivity contribution in [3.63, 3.8) is 0 Å². The van der Waals surface area contributed by atoms with Gasteiger partial charge in [-0.3, -0.25) is 48.6 Å². The van der Waals surface area contributed by atoms with E-state index in [1.165, 1.54) is 24.6 Å². The fraction of sp³-hybridized carbons (Fsp3) is 0.484. The summed E-state index contributed by atoms with van der Waals surface area (Å²) in [6.07, 6.45) is 5.82. The lowest BCUT2D eigenvalue weighted by Gasteiger charge is -2.30. The molecule has 7 amide bonds. The SMILES string of the molecule is CC(C)CO.CCC(C(=O)N1CCCCC1)c1cc(OC)c(OC)c(OC)c1.COc1ccc(CCC(OC=O)c2ccccc2OCC(=O)NCCC(C)C)cc1OC.NC(=O)COc1cccc2c1C(=O)N(C1CCC(=O)NC1=O)C2=O. The van der Waals surface area contributed by atoms with Crippen molar-refractivity contribution in [2.24, 2.45) is 17.6 Å². The van der Waals surface area contributed by atoms with Crippen molar-refractivity contribution in [2.75, 3.05) is 75.0 Å². The van der Waals surface area contributed by atoms with Crippen LogP contribution >= 0.6 is 0 Å². The van der Waals surface area contributed by atoms with Crippen LogP contribution in [0.15, 0.2) is 72.8 Å². The van der Waals surface area contributed by atoms with Gasteiger partial charge in [0.2, 0.25) is 23.5 Å². The van der Waals surface area contributed by atoms with Crippen LogP contribution < -0.4 is 49.5 Å². The molecule has 4 aromatic carbocycles. The second kappa shape index (κ2) is 34.9. The number of methoxy groups -OCH3 is 5. The third-order valence-corrected chi connectivity index (χ3v) is 13.7. The summed E-state index contributed by atoms with van der Waals surface area (Å²) in [5.41, 5.74) is 7.72. The maximum atomic E-state index is 12.9. The molecule has 3 unspecified atom stereocenters. The zero-order valence-electron chi connectivity index (χ0n) is 49.9. The number of aliphatic hydroxyl groups is 1. The summed E-state index contributed by atoms with van der Waals surface area (Å²) in [5.74, 6) is 1.17. The smallest absolute Gasteiger partial charge is 0.293 e. The number of aliphatic hydroxyl groups excluding tert-OH is 1. The van der Waals surface area contributed by atoms with Gasteiger partial charge in [-0.05, 0) is 117 Å². The molecule has 0 radical (unpaired) electrons. The van der Waals surface area contributed by atoms with Crippen LogP contribution in [-0.2, 0) is 39.9 Å². The van der Waals surface area contributed by atoms with Crippen LogP contribution in [0.1, 0.15) is 135 Å². The maximum Gasteiger partial charge on any atom is 0.293 e. The highest BCUT2D eigenvalue weighted by Crippen LogP contribution is 2.41. The van der Waals surface area contributed by atoms with Crippen LogP contribution in [0.2, 0.25) is 0 Å². The molecule has 0 bridgehead atoms. The Morgan fingerprint density at radius 1 is 0.738 bits per heavy atom. The summed E-state index contributed by atoms with van der Waals surface area (Å²) in [6, 6.07) is 20.1. The highest BCUT2D eigenvalue weighted by Gasteiger charge is 2.46. The Kier molecular flexibility index (Phi) is 28.3. The van der Waals surface area contributed by atoms with Gasteiger partial charge in [-0.1, -0.05) is 65.0 Å². The summed E-state index contributed by atoms with van der Waals surface area (Å²) < 4.78 is 43.1. The number of likely N-dealkylation sites (tertiary alicyclic amines) is 1. The minimum absolute atomic E-state index is 0.0200. The van der Waals surface area contributed by atoms with E-state index < -0.39 is 48.3 Å². The molecule has 3 aliphatic rings. The molecule has 0 saturated carbocycles. The third kappa shape index (κ3) is 19.6. The maximum absolute atomic E-state index is 12.9. The number of hydrogen-bond donors (Lipinski definition) is 4. The van der Waals surface area contributed by atoms with Crippen molar-refractivity contribution in [1.29, 1.82) is 0 Å². The number of piperidine rings is 2. The van der Waals surface area contributed by atoms with Crippen LogP contribution in [0.3, 0.4) is 0 Å². The van der Waals surface area contributed by atoms with Gasteiger partial charge in [0, 0.05) is 38.2 Å². The number of ether oxygens (including phenoxy) is 8. The highest BCUT2D eigenvalue weighted by molar-refractivity contribution is 6.24. The van der Waals surface area contributed by atoms with Gasteiger partial charge < -0.3 is 59.0 Å². The average Bonchev–Trinajstić information content (AvgIpc) is 4.04. The molecule has 3 atom stereocenters. The number of fused-ring (bicyclic) bond motifs is 1. The van der Waals surface area contributed by atoms with Crippen LogP contribution in [0.25, 0.3) is 0 Å². The largest absolute Gasteiger partial charge is 0.493 e. The fourth-order valence-corrected chi connectivity index (χ4v) is 9.21. The number of carbonyl (C=O) groups excluding carboxylic acids is 8. The van der Waals surface area contributed by atoms with E-state index in [1.54, 1.807) is 41.6 Å². The number of nitrogens with zero attached hydrogens (tertiary/aromatic N) is 2. The number of hydrogen-bond acceptors (Lipinski definition) is 17. The minimum atomic E-state index is -1.06. The first-order valence-electron chi connectivity index (χ1n) is 28.0. The van der Waals surface area contributed by atoms with Crippen LogP contribution in [-0.4, -0.2) is 144 Å². The van der Waals surface area contributed by atoms with Gasteiger partial charge in [0.25, 0.3) is 30.1 Å². The van der Waals surface area contributed by atoms with Crippen molar-refractivity contribution in [3.8, 4) is 40.2 Å². The number of nitrogens with one attached hydrogen (secondary N) is 2. The van der Waals surface area contributed by atoms with Crippen molar-refractivity contribution in [2.45, 2.75) is 110 Å². The van der Waals surface area contributed by atoms with Gasteiger partial charge in [0.05, 0.1) is 52.6 Å². The summed E-state index contributed by atoms with van der Waals surface area (Å²) in [6.45, 7) is 12.7. The summed E-state index contributed by atoms with van der Waals surface area (Å²) in [5, 5.41) is 13.1. The van der Waals surface area contributed by atoms with Gasteiger partial charge >= 0.3 is 0 Å². The molecule has 2 fully saturated rings. The topological polar surface area (TPSA) is 287 Å². The molecule has 3 aliphatic heterocycles. The number of rotatable bonds is 25. The number of carbonyl (C=O) groups is 8. The molecule has 22 nitrogen and oxygen atoms in total. The Morgan fingerprint density at radius 2 is 1.37 bits per heavy atom. The van der Waals surface area contributed by atoms with Crippen molar-refractivity contribution in [1.82, 2.24) is 20.4 Å². The molecule has 0 spiro atoms. The zero-order chi connectivity index (χ0) is 61.9. The Labute approximate surface area is 491 Å². The quantitative estimate of drug-likeness (QED) is 0.0388. The molecule has 3 heterocycles. The van der Waals surface area contributed by atoms with Gasteiger partial charge in [0.15, 0.2) is 36.2 Å². The predicted molar refractivity (Wildman–Crippen MR) is 311 cm³/mol. The second-order valence-corrected chi connectivity index (χ2v) is 20.6. The van der Waals surface area contributed by atoms with E-state index in [0.717, 1.165) is 60.4 Å². The molecule has 7 rings (SSSR count). The molecular weight excluding hydrogens is 1090 g/mol. The molecule has 0 aliphatic carbocycles. The first kappa shape index (κ1) is 68.1. The normalized spacial score (nSPS) is 15.0. The predicted octanol–water partition coefficient (Wildman–Crippen LogP) is 6.90. The van der Waals surface area contributed by atoms with Gasteiger partial charge in [0.1, 0.15) is 23.6 Å². The summed E-state index contributed by atoms with van der Waals surface area (Å²) >= 11 is 0. The molecule has 4 aromatic rings. The van der Waals surface area contributed by atoms with E-state index in [9.17, 15) is 38.4 Å². The molecule has 22 heteroatoms. The fourth-order valence-electron chi connectivity index (χ4n) is 9.21. The molecule has 458 valence electrons. The Bertz CT molecular complexity index is 2830. The van der Waals surface area contributed by atoms with Gasteiger partial charge in [-0.25, -0.2) is 0 Å². The number of nitrogens with two attached hydrogens (primary N) is 1. The van der Waals surface area contributed by atoms with Crippen LogP contribution in [0.4, 0.5) is 0 Å². The molecule has 84 heavy (non-hydrogen) atoms. The first-order chi connectivity index (χ1) is 40.3. The van der Waals surface area contributed by atoms with E-state index in [2.05, 4.69) is 24.5 Å². The summed E-state index contributed by atoms with van der Waals surface area (Å²) in [7, 11) is 7.94. The first-order valence-corrected chi connectivity index (χ1v) is 28.0. The number of benzene rings is 4. The molecule has 2 saturated heterocycles.